The second kappa shape index (κ2) is 6.70. The maximum absolute atomic E-state index is 3.75. The van der Waals surface area contributed by atoms with Gasteiger partial charge in [-0.1, -0.05) is 35.5 Å². The fourth-order valence-corrected chi connectivity index (χ4v) is 7.75. The fourth-order valence-electron chi connectivity index (χ4n) is 7.75. The van der Waals surface area contributed by atoms with Gasteiger partial charge in [0.2, 0.25) is 0 Å². The van der Waals surface area contributed by atoms with Crippen LogP contribution in [0.4, 0.5) is 0 Å². The summed E-state index contributed by atoms with van der Waals surface area (Å²) >= 11 is 0. The number of allylic oxidation sites excluding steroid dienone is 6. The van der Waals surface area contributed by atoms with Crippen LogP contribution < -0.4 is 0 Å². The van der Waals surface area contributed by atoms with Crippen molar-refractivity contribution in [3.8, 4) is 35.5 Å². The minimum Gasteiger partial charge on any atom is -0.0651 e. The molecule has 6 bridgehead atoms. The molecular weight excluding hydrogens is 360 g/mol. The molecule has 0 unspecified atom stereocenters. The first kappa shape index (κ1) is 17.6. The molecule has 0 spiro atoms. The van der Waals surface area contributed by atoms with Gasteiger partial charge in [-0.3, -0.25) is 0 Å². The van der Waals surface area contributed by atoms with Crippen LogP contribution in [0.5, 0.6) is 0 Å². The second-order valence-corrected chi connectivity index (χ2v) is 10.9. The Balaban J connectivity index is 1.48. The molecular formula is C30H30. The number of hydrogen-bond acceptors (Lipinski definition) is 0. The van der Waals surface area contributed by atoms with Crippen LogP contribution in [0.1, 0.15) is 77.0 Å². The summed E-state index contributed by atoms with van der Waals surface area (Å²) in [6.07, 6.45) is 16.0. The summed E-state index contributed by atoms with van der Waals surface area (Å²) < 4.78 is 0. The molecule has 0 aliphatic heterocycles. The molecule has 30 heavy (non-hydrogen) atoms. The van der Waals surface area contributed by atoms with Crippen molar-refractivity contribution in [3.05, 3.63) is 33.4 Å². The van der Waals surface area contributed by atoms with Gasteiger partial charge in [0, 0.05) is 33.4 Å². The van der Waals surface area contributed by atoms with E-state index in [1.807, 2.05) is 0 Å². The molecule has 0 atom stereocenters. The molecule has 0 amide bonds. The zero-order chi connectivity index (χ0) is 19.7. The largest absolute Gasteiger partial charge is 0.0651 e. The molecule has 0 aromatic heterocycles. The van der Waals surface area contributed by atoms with Crippen molar-refractivity contribution in [1.82, 2.24) is 0 Å². The lowest BCUT2D eigenvalue weighted by atomic mass is 9.64. The SMILES string of the molecule is C1#CC2=C(C#CC3=C(C#CC4=C1C1CCC4CC1)C1CCC3CC1)C1CCC2CC1. The molecule has 10 aliphatic rings. The van der Waals surface area contributed by atoms with Crippen LogP contribution in [0, 0.1) is 71.0 Å². The van der Waals surface area contributed by atoms with Crippen molar-refractivity contribution in [1.29, 1.82) is 0 Å². The predicted octanol–water partition coefficient (Wildman–Crippen LogP) is 6.36. The van der Waals surface area contributed by atoms with Crippen molar-refractivity contribution < 1.29 is 0 Å². The van der Waals surface area contributed by atoms with Crippen molar-refractivity contribution in [2.24, 2.45) is 35.5 Å². The Morgan fingerprint density at radius 3 is 0.533 bits per heavy atom. The topological polar surface area (TPSA) is 0 Å². The summed E-state index contributed by atoms with van der Waals surface area (Å²) in [4.78, 5) is 0. The van der Waals surface area contributed by atoms with Crippen LogP contribution in [0.15, 0.2) is 33.4 Å². The van der Waals surface area contributed by atoms with Crippen LogP contribution in [0.25, 0.3) is 0 Å². The standard InChI is InChI=1S/C30H30/c1-2-20-4-3-19(1)25-13-14-27-21-5-7-23(8-6-21)29(27)17-18-30-24-11-9-22(10-12-24)28(30)16-15-26(20)25/h19-24H,1-12H2. The molecule has 10 rings (SSSR count). The highest BCUT2D eigenvalue weighted by molar-refractivity contribution is 5.60. The van der Waals surface area contributed by atoms with Crippen molar-refractivity contribution in [2.45, 2.75) is 77.0 Å². The third kappa shape index (κ3) is 2.58. The van der Waals surface area contributed by atoms with E-state index in [9.17, 15) is 0 Å². The molecule has 0 nitrogen and oxygen atoms in total. The van der Waals surface area contributed by atoms with E-state index in [1.165, 1.54) is 110 Å². The first-order chi connectivity index (χ1) is 14.8. The quantitative estimate of drug-likeness (QED) is 0.422. The van der Waals surface area contributed by atoms with Crippen LogP contribution in [-0.4, -0.2) is 0 Å². The monoisotopic (exact) mass is 390 g/mol. The van der Waals surface area contributed by atoms with Gasteiger partial charge in [0.15, 0.2) is 0 Å². The smallest absolute Gasteiger partial charge is 0.0173 e. The van der Waals surface area contributed by atoms with Gasteiger partial charge in [0.1, 0.15) is 0 Å². The van der Waals surface area contributed by atoms with Gasteiger partial charge in [-0.25, -0.2) is 0 Å². The van der Waals surface area contributed by atoms with Crippen LogP contribution >= 0.6 is 0 Å². The first-order valence-electron chi connectivity index (χ1n) is 12.6. The normalized spacial score (nSPS) is 40.0. The fraction of sp³-hybridized carbons (Fsp3) is 0.600. The van der Waals surface area contributed by atoms with Crippen molar-refractivity contribution >= 4 is 0 Å². The third-order valence-corrected chi connectivity index (χ3v) is 9.50. The highest BCUT2D eigenvalue weighted by Gasteiger charge is 2.38. The van der Waals surface area contributed by atoms with Crippen LogP contribution in [0.2, 0.25) is 0 Å². The van der Waals surface area contributed by atoms with Crippen molar-refractivity contribution in [3.63, 3.8) is 0 Å². The predicted molar refractivity (Wildman–Crippen MR) is 121 cm³/mol. The molecule has 3 saturated carbocycles. The maximum Gasteiger partial charge on any atom is 0.0173 e. The number of fused-ring (bicyclic) bond motifs is 6. The van der Waals surface area contributed by atoms with Gasteiger partial charge in [0.25, 0.3) is 0 Å². The molecule has 3 fully saturated rings. The minimum atomic E-state index is 0.668. The van der Waals surface area contributed by atoms with E-state index >= 15 is 0 Å². The summed E-state index contributed by atoms with van der Waals surface area (Å²) in [6.45, 7) is 0. The summed E-state index contributed by atoms with van der Waals surface area (Å²) in [5.41, 5.74) is 8.56. The van der Waals surface area contributed by atoms with E-state index in [0.29, 0.717) is 35.5 Å². The van der Waals surface area contributed by atoms with Crippen molar-refractivity contribution in [2.75, 3.05) is 0 Å². The summed E-state index contributed by atoms with van der Waals surface area (Å²) in [5.74, 6) is 26.5. The molecule has 0 heteroatoms. The molecule has 0 aromatic rings. The van der Waals surface area contributed by atoms with E-state index in [0.717, 1.165) is 0 Å². The minimum absolute atomic E-state index is 0.668. The molecule has 0 N–H and O–H groups in total. The first-order valence-corrected chi connectivity index (χ1v) is 12.6. The Morgan fingerprint density at radius 2 is 0.400 bits per heavy atom. The van der Waals surface area contributed by atoms with Gasteiger partial charge < -0.3 is 0 Å². The Bertz CT molecular complexity index is 857. The van der Waals surface area contributed by atoms with E-state index in [4.69, 9.17) is 0 Å². The third-order valence-electron chi connectivity index (χ3n) is 9.50. The second-order valence-electron chi connectivity index (χ2n) is 10.9. The Hall–Kier alpha value is -2.10. The summed E-state index contributed by atoms with van der Waals surface area (Å²) in [7, 11) is 0. The van der Waals surface area contributed by atoms with E-state index in [2.05, 4.69) is 35.5 Å². The average Bonchev–Trinajstić information content (AvgIpc) is 2.81. The Morgan fingerprint density at radius 1 is 0.267 bits per heavy atom. The molecule has 0 heterocycles. The molecule has 0 radical (unpaired) electrons. The molecule has 0 aromatic carbocycles. The van der Waals surface area contributed by atoms with E-state index in [-0.39, 0.29) is 0 Å². The summed E-state index contributed by atoms with van der Waals surface area (Å²) in [5, 5.41) is 0. The van der Waals surface area contributed by atoms with Gasteiger partial charge >= 0.3 is 0 Å². The lowest BCUT2D eigenvalue weighted by molar-refractivity contribution is 0.305. The zero-order valence-electron chi connectivity index (χ0n) is 17.9. The van der Waals surface area contributed by atoms with Gasteiger partial charge in [-0.2, -0.15) is 0 Å². The highest BCUT2D eigenvalue weighted by atomic mass is 14.4. The van der Waals surface area contributed by atoms with Crippen LogP contribution in [-0.2, 0) is 0 Å². The molecule has 150 valence electrons. The average molecular weight is 391 g/mol. The van der Waals surface area contributed by atoms with Gasteiger partial charge in [-0.15, -0.1) is 0 Å². The lowest BCUT2D eigenvalue weighted by Gasteiger charge is -2.39. The highest BCUT2D eigenvalue weighted by Crippen LogP contribution is 2.48. The van der Waals surface area contributed by atoms with Gasteiger partial charge in [-0.05, 0) is 113 Å². The molecule has 0 saturated heterocycles. The van der Waals surface area contributed by atoms with E-state index < -0.39 is 0 Å². The Kier molecular flexibility index (Phi) is 3.92. The number of rotatable bonds is 0. The van der Waals surface area contributed by atoms with Gasteiger partial charge in [0.05, 0.1) is 0 Å². The zero-order valence-corrected chi connectivity index (χ0v) is 17.9. The Labute approximate surface area is 181 Å². The summed E-state index contributed by atoms with van der Waals surface area (Å²) in [6, 6.07) is 0. The van der Waals surface area contributed by atoms with E-state index in [1.54, 1.807) is 0 Å². The molecule has 10 aliphatic carbocycles. The number of hydrogen-bond donors (Lipinski definition) is 0. The van der Waals surface area contributed by atoms with Crippen LogP contribution in [0.3, 0.4) is 0 Å². The lowest BCUT2D eigenvalue weighted by Crippen LogP contribution is -2.28. The maximum atomic E-state index is 3.75.